The fraction of sp³-hybridized carbons (Fsp3) is 0.278. The number of aromatic nitrogens is 1. The minimum Gasteiger partial charge on any atom is -0.497 e. The number of hydrogen-bond donors (Lipinski definition) is 1. The van der Waals surface area contributed by atoms with Gasteiger partial charge in [-0.25, -0.2) is 0 Å². The summed E-state index contributed by atoms with van der Waals surface area (Å²) in [6.07, 6.45) is 0. The average molecular weight is 407 g/mol. The molecule has 0 spiro atoms. The Morgan fingerprint density at radius 2 is 2.17 bits per heavy atom. The molecule has 1 amide bonds. The molecule has 1 N–H and O–H groups in total. The highest BCUT2D eigenvalue weighted by Crippen LogP contribution is 2.34. The summed E-state index contributed by atoms with van der Waals surface area (Å²) in [7, 11) is 1.66. The van der Waals surface area contributed by atoms with E-state index in [1.165, 1.54) is 0 Å². The quantitative estimate of drug-likeness (QED) is 0.669. The molecule has 6 heteroatoms. The number of ether oxygens (including phenoxy) is 1. The molecule has 0 aliphatic heterocycles. The first-order valence-corrected chi connectivity index (χ1v) is 9.37. The van der Waals surface area contributed by atoms with Crippen molar-refractivity contribution in [2.24, 2.45) is 0 Å². The third kappa shape index (κ3) is 3.35. The van der Waals surface area contributed by atoms with E-state index in [1.807, 2.05) is 44.2 Å². The normalized spacial score (nSPS) is 11.2. The summed E-state index contributed by atoms with van der Waals surface area (Å²) in [6, 6.07) is 9.98. The third-order valence-corrected chi connectivity index (χ3v) is 5.53. The van der Waals surface area contributed by atoms with Crippen LogP contribution in [-0.2, 0) is 6.54 Å². The predicted molar refractivity (Wildman–Crippen MR) is 102 cm³/mol. The van der Waals surface area contributed by atoms with Gasteiger partial charge in [0.25, 0.3) is 5.91 Å². The SMILES string of the molecule is COc1cccc(Cn2c(C(=O)NC(C)C)cc3scc(Br)c32)c1. The number of fused-ring (bicyclic) bond motifs is 1. The van der Waals surface area contributed by atoms with E-state index < -0.39 is 0 Å². The van der Waals surface area contributed by atoms with E-state index in [2.05, 4.69) is 31.2 Å². The fourth-order valence-electron chi connectivity index (χ4n) is 2.67. The minimum atomic E-state index is -0.0526. The Labute approximate surface area is 153 Å². The molecule has 3 rings (SSSR count). The van der Waals surface area contributed by atoms with Crippen LogP contribution in [0.4, 0.5) is 0 Å². The van der Waals surface area contributed by atoms with Gasteiger partial charge in [-0.05, 0) is 53.5 Å². The molecule has 0 saturated carbocycles. The number of nitrogens with one attached hydrogen (secondary N) is 1. The topological polar surface area (TPSA) is 43.3 Å². The van der Waals surface area contributed by atoms with Gasteiger partial charge in [-0.3, -0.25) is 4.79 Å². The molecule has 0 aliphatic carbocycles. The smallest absolute Gasteiger partial charge is 0.268 e. The van der Waals surface area contributed by atoms with Crippen LogP contribution >= 0.6 is 27.3 Å². The number of hydrogen-bond acceptors (Lipinski definition) is 3. The zero-order valence-corrected chi connectivity index (χ0v) is 16.2. The van der Waals surface area contributed by atoms with Crippen LogP contribution in [-0.4, -0.2) is 23.6 Å². The summed E-state index contributed by atoms with van der Waals surface area (Å²) >= 11 is 5.24. The molecule has 126 valence electrons. The average Bonchev–Trinajstić information content (AvgIpc) is 3.08. The number of thiophene rings is 1. The van der Waals surface area contributed by atoms with Gasteiger partial charge in [0.05, 0.1) is 21.8 Å². The summed E-state index contributed by atoms with van der Waals surface area (Å²) in [5.41, 5.74) is 2.81. The Morgan fingerprint density at radius 1 is 1.38 bits per heavy atom. The van der Waals surface area contributed by atoms with Crippen molar-refractivity contribution in [1.29, 1.82) is 0 Å². The highest BCUT2D eigenvalue weighted by atomic mass is 79.9. The van der Waals surface area contributed by atoms with Crippen molar-refractivity contribution in [3.63, 3.8) is 0 Å². The van der Waals surface area contributed by atoms with E-state index >= 15 is 0 Å². The summed E-state index contributed by atoms with van der Waals surface area (Å²) < 4.78 is 9.47. The molecule has 0 bridgehead atoms. The molecule has 0 atom stereocenters. The maximum absolute atomic E-state index is 12.6. The van der Waals surface area contributed by atoms with Crippen LogP contribution < -0.4 is 10.1 Å². The molecule has 0 saturated heterocycles. The van der Waals surface area contributed by atoms with Gasteiger partial charge in [-0.1, -0.05) is 12.1 Å². The van der Waals surface area contributed by atoms with Gasteiger partial charge in [0.1, 0.15) is 11.4 Å². The maximum Gasteiger partial charge on any atom is 0.268 e. The molecule has 0 fully saturated rings. The Morgan fingerprint density at radius 3 is 2.88 bits per heavy atom. The standard InChI is InChI=1S/C18H19BrN2O2S/c1-11(2)20-18(22)15-8-16-17(14(19)10-24-16)21(15)9-12-5-4-6-13(7-12)23-3/h4-8,10-11H,9H2,1-3H3,(H,20,22). The third-order valence-electron chi connectivity index (χ3n) is 3.70. The molecule has 0 radical (unpaired) electrons. The number of amides is 1. The van der Waals surface area contributed by atoms with Crippen LogP contribution in [0.15, 0.2) is 40.2 Å². The lowest BCUT2D eigenvalue weighted by atomic mass is 10.2. The number of rotatable bonds is 5. The van der Waals surface area contributed by atoms with Gasteiger partial charge in [0, 0.05) is 18.0 Å². The van der Waals surface area contributed by atoms with Crippen LogP contribution in [0.5, 0.6) is 5.75 Å². The van der Waals surface area contributed by atoms with Gasteiger partial charge in [0.15, 0.2) is 0 Å². The van der Waals surface area contributed by atoms with E-state index in [0.29, 0.717) is 12.2 Å². The molecule has 0 unspecified atom stereocenters. The van der Waals surface area contributed by atoms with Gasteiger partial charge in [-0.15, -0.1) is 11.3 Å². The van der Waals surface area contributed by atoms with E-state index in [4.69, 9.17) is 4.74 Å². The number of methoxy groups -OCH3 is 1. The van der Waals surface area contributed by atoms with E-state index in [-0.39, 0.29) is 11.9 Å². The van der Waals surface area contributed by atoms with Gasteiger partial charge >= 0.3 is 0 Å². The molecule has 0 aliphatic rings. The first-order chi connectivity index (χ1) is 11.5. The van der Waals surface area contributed by atoms with Crippen molar-refractivity contribution >= 4 is 43.4 Å². The van der Waals surface area contributed by atoms with Crippen LogP contribution in [0.2, 0.25) is 0 Å². The van der Waals surface area contributed by atoms with Crippen LogP contribution in [0, 0.1) is 0 Å². The fourth-order valence-corrected chi connectivity index (χ4v) is 4.37. The molecule has 24 heavy (non-hydrogen) atoms. The highest BCUT2D eigenvalue weighted by Gasteiger charge is 2.19. The molecular weight excluding hydrogens is 388 g/mol. The van der Waals surface area contributed by atoms with Crippen molar-refractivity contribution in [1.82, 2.24) is 9.88 Å². The predicted octanol–water partition coefficient (Wildman–Crippen LogP) is 4.66. The zero-order valence-electron chi connectivity index (χ0n) is 13.8. The molecule has 2 heterocycles. The first kappa shape index (κ1) is 17.0. The van der Waals surface area contributed by atoms with Crippen LogP contribution in [0.3, 0.4) is 0 Å². The Kier molecular flexibility index (Phi) is 4.96. The zero-order chi connectivity index (χ0) is 17.3. The highest BCUT2D eigenvalue weighted by molar-refractivity contribution is 9.10. The van der Waals surface area contributed by atoms with Crippen molar-refractivity contribution < 1.29 is 9.53 Å². The van der Waals surface area contributed by atoms with Gasteiger partial charge in [-0.2, -0.15) is 0 Å². The Hall–Kier alpha value is -1.79. The Balaban J connectivity index is 2.06. The summed E-state index contributed by atoms with van der Waals surface area (Å²) in [4.78, 5) is 12.6. The lowest BCUT2D eigenvalue weighted by Gasteiger charge is -2.13. The molecule has 2 aromatic heterocycles. The largest absolute Gasteiger partial charge is 0.497 e. The number of nitrogens with zero attached hydrogens (tertiary/aromatic N) is 1. The van der Waals surface area contributed by atoms with E-state index in [0.717, 1.165) is 26.0 Å². The second-order valence-electron chi connectivity index (χ2n) is 5.89. The molecular formula is C18H19BrN2O2S. The van der Waals surface area contributed by atoms with Crippen molar-refractivity contribution in [2.75, 3.05) is 7.11 Å². The molecule has 1 aromatic carbocycles. The summed E-state index contributed by atoms with van der Waals surface area (Å²) in [6.45, 7) is 4.54. The van der Waals surface area contributed by atoms with Crippen LogP contribution in [0.1, 0.15) is 29.9 Å². The van der Waals surface area contributed by atoms with Gasteiger partial charge < -0.3 is 14.6 Å². The molecule has 3 aromatic rings. The number of carbonyl (C=O) groups is 1. The number of halogens is 1. The number of carbonyl (C=O) groups excluding carboxylic acids is 1. The lowest BCUT2D eigenvalue weighted by molar-refractivity contribution is 0.0934. The Bertz CT molecular complexity index is 882. The van der Waals surface area contributed by atoms with E-state index in [9.17, 15) is 4.79 Å². The van der Waals surface area contributed by atoms with Crippen molar-refractivity contribution in [3.8, 4) is 5.75 Å². The monoisotopic (exact) mass is 406 g/mol. The first-order valence-electron chi connectivity index (χ1n) is 7.69. The van der Waals surface area contributed by atoms with Crippen molar-refractivity contribution in [3.05, 3.63) is 51.4 Å². The second kappa shape index (κ2) is 6.99. The van der Waals surface area contributed by atoms with Crippen molar-refractivity contribution in [2.45, 2.75) is 26.4 Å². The maximum atomic E-state index is 12.6. The molecule has 4 nitrogen and oxygen atoms in total. The van der Waals surface area contributed by atoms with Gasteiger partial charge in [0.2, 0.25) is 0 Å². The second-order valence-corrected chi connectivity index (χ2v) is 7.66. The minimum absolute atomic E-state index is 0.0526. The summed E-state index contributed by atoms with van der Waals surface area (Å²) in [5.74, 6) is 0.761. The van der Waals surface area contributed by atoms with Crippen LogP contribution in [0.25, 0.3) is 10.2 Å². The van der Waals surface area contributed by atoms with E-state index in [1.54, 1.807) is 18.4 Å². The summed E-state index contributed by atoms with van der Waals surface area (Å²) in [5, 5.41) is 5.04. The lowest BCUT2D eigenvalue weighted by Crippen LogP contribution is -2.31. The number of benzene rings is 1.